The normalized spacial score (nSPS) is 37.7. The van der Waals surface area contributed by atoms with Crippen LogP contribution in [-0.4, -0.2) is 295 Å². The van der Waals surface area contributed by atoms with Gasteiger partial charge in [0.2, 0.25) is 17.8 Å². The van der Waals surface area contributed by atoms with E-state index in [1.54, 1.807) is 0 Å². The zero-order valence-corrected chi connectivity index (χ0v) is 79.5. The molecular formula is C60H66F6N30O24P6S9. The molecule has 0 saturated carbocycles. The lowest BCUT2D eigenvalue weighted by molar-refractivity contribution is -0.0441. The Morgan fingerprint density at radius 3 is 0.852 bits per heavy atom. The minimum Gasteiger partial charge on any atom is -0.397 e. The second-order valence-electron chi connectivity index (χ2n) is 30.2. The molecule has 6 bridgehead atoms. The van der Waals surface area contributed by atoms with Crippen LogP contribution in [0.3, 0.4) is 0 Å². The molecule has 9 fully saturated rings. The Hall–Kier alpha value is -6.81. The van der Waals surface area contributed by atoms with Crippen LogP contribution in [-0.2, 0) is 139 Å². The molecule has 75 heteroatoms. The highest BCUT2D eigenvalue weighted by Gasteiger charge is 2.59. The molecule has 0 amide bonds. The van der Waals surface area contributed by atoms with Gasteiger partial charge < -0.3 is 105 Å². The van der Waals surface area contributed by atoms with Gasteiger partial charge in [-0.05, 0) is 89.0 Å². The molecule has 9 saturated heterocycles. The number of aromatic nitrogens is 24. The second-order valence-corrected chi connectivity index (χ2v) is 51.0. The number of nitrogens with zero attached hydrogens (tertiary/aromatic N) is 21. The molecule has 9 aliphatic rings. The molecule has 54 nitrogen and oxygen atoms in total. The van der Waals surface area contributed by atoms with Crippen molar-refractivity contribution in [3.8, 4) is 0 Å². The summed E-state index contributed by atoms with van der Waals surface area (Å²) in [5, 5.41) is 16.4. The van der Waals surface area contributed by atoms with E-state index in [4.69, 9.17) is 174 Å². The molecule has 21 rings (SSSR count). The van der Waals surface area contributed by atoms with Gasteiger partial charge in [0.05, 0.1) is 91.4 Å². The van der Waals surface area contributed by atoms with Crippen LogP contribution in [0.25, 0.3) is 67.0 Å². The lowest BCUT2D eigenvalue weighted by Crippen LogP contribution is -2.34. The summed E-state index contributed by atoms with van der Waals surface area (Å²) < 4.78 is 187. The summed E-state index contributed by atoms with van der Waals surface area (Å²) in [6.45, 7) is -29.2. The Morgan fingerprint density at radius 1 is 0.348 bits per heavy atom. The Morgan fingerprint density at radius 2 is 0.593 bits per heavy atom. The first-order valence-corrected chi connectivity index (χ1v) is 57.1. The lowest BCUT2D eigenvalue weighted by Gasteiger charge is -2.27. The number of hydrogen-bond donors (Lipinski definition) is 15. The minimum atomic E-state index is -4.30. The standard InChI is InChI=1S/3C20H22F2N10O8P2S3/c3*21-9-8-4-37-42(35,44)39-13-7(38-18(10(13)22)31-5-26-11-6(23)1-2-25-15(11)31)3-36-41(34,43)40-14(9)19(45-8)32-16-12(29-30-32)17(33)28-20(24)27-16/h3*1-2,5,7-10,13-14,18-19H,3-4H2,(H2,23,25)(H,34,43)(H,35,44)(H3,24,27,28,33)/t3*7-,8-,9-,10+,13-,14-,18-,19-,41?,42?/m111/s1. The number of H-pyrrole nitrogens is 3. The second kappa shape index (κ2) is 37.2. The van der Waals surface area contributed by atoms with Crippen molar-refractivity contribution < 1.29 is 124 Å². The van der Waals surface area contributed by atoms with Gasteiger partial charge >= 0.3 is 40.3 Å². The number of nitrogens with one attached hydrogen (secondary N) is 3. The summed E-state index contributed by atoms with van der Waals surface area (Å²) in [7, 11) is 0. The summed E-state index contributed by atoms with van der Waals surface area (Å²) in [6.07, 6.45) is -21.3. The molecule has 726 valence electrons. The number of nitrogens with two attached hydrogens (primary N) is 6. The van der Waals surface area contributed by atoms with Crippen LogP contribution in [0, 0.1) is 0 Å². The van der Waals surface area contributed by atoms with Crippen molar-refractivity contribution in [1.82, 2.24) is 118 Å². The van der Waals surface area contributed by atoms with Gasteiger partial charge in [-0.2, -0.15) is 15.0 Å². The summed E-state index contributed by atoms with van der Waals surface area (Å²) >= 11 is 33.7. The van der Waals surface area contributed by atoms with Crippen LogP contribution in [0.15, 0.2) is 70.2 Å². The van der Waals surface area contributed by atoms with Crippen molar-refractivity contribution in [2.24, 2.45) is 0 Å². The lowest BCUT2D eigenvalue weighted by atomic mass is 10.1. The number of anilines is 6. The fourth-order valence-corrected chi connectivity index (χ4v) is 29.0. The number of aromatic amines is 3. The van der Waals surface area contributed by atoms with E-state index < -0.39 is 239 Å². The van der Waals surface area contributed by atoms with Crippen LogP contribution in [0.4, 0.5) is 61.2 Å². The van der Waals surface area contributed by atoms with Gasteiger partial charge in [-0.25, -0.2) is 70.3 Å². The van der Waals surface area contributed by atoms with Gasteiger partial charge in [0, 0.05) is 18.6 Å². The average Bonchev–Trinajstić information content (AvgIpc) is 1.63. The minimum absolute atomic E-state index is 0.0921. The number of thioether (sulfide) groups is 3. The highest BCUT2D eigenvalue weighted by molar-refractivity contribution is 8.09. The summed E-state index contributed by atoms with van der Waals surface area (Å²) in [5.74, 6) is -0.743. The van der Waals surface area contributed by atoms with Gasteiger partial charge in [-0.1, -0.05) is 15.6 Å². The number of rotatable bonds is 6. The number of pyridine rings is 3. The van der Waals surface area contributed by atoms with E-state index in [9.17, 15) is 43.7 Å². The molecule has 21 N–H and O–H groups in total. The van der Waals surface area contributed by atoms with Gasteiger partial charge in [-0.3, -0.25) is 70.2 Å². The third-order valence-corrected chi connectivity index (χ3v) is 35.5. The topological polar surface area (TPSA) is 737 Å². The highest BCUT2D eigenvalue weighted by atomic mass is 32.5. The monoisotopic (exact) mass is 2180 g/mol. The first-order valence-electron chi connectivity index (χ1n) is 38.7. The van der Waals surface area contributed by atoms with Crippen LogP contribution < -0.4 is 51.1 Å². The zero-order valence-electron chi connectivity index (χ0n) is 66.8. The predicted molar refractivity (Wildman–Crippen MR) is 483 cm³/mol. The summed E-state index contributed by atoms with van der Waals surface area (Å²) in [4.78, 5) is 147. The maximum absolute atomic E-state index is 16.0. The molecular weight excluding hydrogens is 2110 g/mol. The van der Waals surface area contributed by atoms with Gasteiger partial charge in [0.1, 0.15) is 106 Å². The number of hydrogen-bond acceptors (Lipinski definition) is 48. The van der Waals surface area contributed by atoms with Gasteiger partial charge in [-0.15, -0.1) is 50.6 Å². The quantitative estimate of drug-likeness (QED) is 0.0832. The average molecular weight is 2180 g/mol. The van der Waals surface area contributed by atoms with Gasteiger partial charge in [0.15, 0.2) is 87.6 Å². The van der Waals surface area contributed by atoms with Crippen LogP contribution in [0.5, 0.6) is 0 Å². The smallest absolute Gasteiger partial charge is 0.325 e. The molecule has 0 radical (unpaired) electrons. The first kappa shape index (κ1) is 97.0. The molecule has 9 aliphatic heterocycles. The van der Waals surface area contributed by atoms with Crippen LogP contribution in [0.2, 0.25) is 0 Å². The van der Waals surface area contributed by atoms with E-state index in [-0.39, 0.29) is 68.3 Å². The fraction of sp³-hybridized carbons (Fsp3) is 0.500. The van der Waals surface area contributed by atoms with Crippen molar-refractivity contribution in [1.29, 1.82) is 0 Å². The molecule has 30 atom stereocenters. The Kier molecular flexibility index (Phi) is 26.8. The predicted octanol–water partition coefficient (Wildman–Crippen LogP) is 1.69. The third-order valence-electron chi connectivity index (χ3n) is 21.6. The van der Waals surface area contributed by atoms with E-state index in [0.717, 1.165) is 49.3 Å². The maximum Gasteiger partial charge on any atom is 0.325 e. The largest absolute Gasteiger partial charge is 0.397 e. The molecule has 0 aliphatic carbocycles. The number of imidazole rings is 3. The van der Waals surface area contributed by atoms with E-state index >= 15 is 26.3 Å². The number of nitrogen functional groups attached to an aromatic ring is 6. The number of fused-ring (bicyclic) bond motifs is 15. The number of halogens is 6. The fourth-order valence-electron chi connectivity index (χ4n) is 15.6. The Labute approximate surface area is 789 Å². The van der Waals surface area contributed by atoms with E-state index in [1.165, 1.54) is 69.5 Å². The Balaban J connectivity index is 0.000000130. The maximum atomic E-state index is 16.0. The van der Waals surface area contributed by atoms with Crippen LogP contribution in [0.1, 0.15) is 34.8 Å². The Bertz CT molecular complexity index is 6510. The number of ether oxygens (including phenoxy) is 3. The zero-order chi connectivity index (χ0) is 95.5. The number of alkyl halides is 6. The first-order chi connectivity index (χ1) is 63.9. The molecule has 0 aromatic carbocycles. The summed E-state index contributed by atoms with van der Waals surface area (Å²) in [6, 6.07) is 4.57. The highest BCUT2D eigenvalue weighted by Crippen LogP contribution is 2.62. The molecule has 0 spiro atoms. The van der Waals surface area contributed by atoms with E-state index in [0.29, 0.717) is 33.6 Å². The SMILES string of the molecule is Nc1nc2c(nnn2[C@@H]2S[C@@H]3COP(O)(=S)O[C@H]4[C@H](F)[C@H](n5cnc6c(N)ccnc65)O[C@@H]4COP(O)(=S)O[C@@H]2[C@@H]3F)c(=O)[nH]1.Nc1nc2c(nnn2[C@@H]2S[C@@H]3COP(O)(=S)O[C@H]4[C@H](F)[C@H](n5cnc6c(N)ccnc65)O[C@@H]4COP(O)(=S)O[C@@H]2[C@@H]3F)c(=O)[nH]1.Nc1nc2c(nnn2[C@@H]2S[C@@H]3COP(O)(=S)O[C@H]4[C@H](F)[C@H](n5cnc6c(N)ccnc65)O[C@@H]4COP(O)(=S)O[C@@H]2[C@@H]3F)c(=O)[nH]1. The van der Waals surface area contributed by atoms with Crippen molar-refractivity contribution in [3.05, 3.63) is 86.8 Å². The van der Waals surface area contributed by atoms with Crippen molar-refractivity contribution in [3.63, 3.8) is 0 Å². The molecule has 12 aromatic heterocycles. The van der Waals surface area contributed by atoms with Crippen molar-refractivity contribution in [2.45, 2.75) is 143 Å². The van der Waals surface area contributed by atoms with Gasteiger partial charge in [0.25, 0.3) is 16.7 Å². The van der Waals surface area contributed by atoms with E-state index in [2.05, 4.69) is 90.7 Å². The third kappa shape index (κ3) is 19.1. The molecule has 135 heavy (non-hydrogen) atoms. The van der Waals surface area contributed by atoms with Crippen molar-refractivity contribution in [2.75, 3.05) is 74.0 Å². The summed E-state index contributed by atoms with van der Waals surface area (Å²) in [5.41, 5.74) is 34.5. The van der Waals surface area contributed by atoms with Crippen molar-refractivity contribution >= 4 is 248 Å². The van der Waals surface area contributed by atoms with E-state index in [1.807, 2.05) is 0 Å². The molecule has 21 heterocycles. The molecule has 6 unspecified atom stereocenters. The molecule has 12 aromatic rings. The van der Waals surface area contributed by atoms with Crippen LogP contribution >= 0.6 is 75.6 Å².